The maximum absolute atomic E-state index is 12.7. The molecule has 1 N–H and O–H groups in total. The van der Waals surface area contributed by atoms with E-state index in [1.165, 1.54) is 31.4 Å². The van der Waals surface area contributed by atoms with Gasteiger partial charge in [0.1, 0.15) is 16.4 Å². The molecule has 1 aromatic heterocycles. The lowest BCUT2D eigenvalue weighted by Gasteiger charge is -2.25. The lowest BCUT2D eigenvalue weighted by Crippen LogP contribution is -2.40. The molecule has 0 bridgehead atoms. The van der Waals surface area contributed by atoms with E-state index in [0.717, 1.165) is 4.90 Å². The van der Waals surface area contributed by atoms with Gasteiger partial charge in [0, 0.05) is 18.9 Å². The molecule has 1 aliphatic rings. The number of aryl methyl sites for hydroxylation is 1. The van der Waals surface area contributed by atoms with E-state index in [2.05, 4.69) is 9.88 Å². The molecule has 2 aromatic rings. The van der Waals surface area contributed by atoms with Crippen molar-refractivity contribution in [1.29, 1.82) is 0 Å². The Balaban J connectivity index is 2.02. The summed E-state index contributed by atoms with van der Waals surface area (Å²) >= 11 is 0. The summed E-state index contributed by atoms with van der Waals surface area (Å²) in [5.74, 6) is -0.212. The number of carbonyl (C=O) groups is 2. The number of benzene rings is 1. The fourth-order valence-electron chi connectivity index (χ4n) is 2.66. The number of nitrogens with zero attached hydrogens (tertiary/aromatic N) is 2. The van der Waals surface area contributed by atoms with Gasteiger partial charge in [-0.25, -0.2) is 8.42 Å². The highest BCUT2D eigenvalue weighted by atomic mass is 32.2. The second-order valence-electron chi connectivity index (χ2n) is 5.74. The van der Waals surface area contributed by atoms with E-state index in [1.54, 1.807) is 6.92 Å². The number of imide groups is 1. The zero-order valence-corrected chi connectivity index (χ0v) is 15.0. The Morgan fingerprint density at radius 2 is 1.88 bits per heavy atom. The van der Waals surface area contributed by atoms with Crippen LogP contribution in [0.25, 0.3) is 0 Å². The quantitative estimate of drug-likeness (QED) is 0.787. The van der Waals surface area contributed by atoms with Gasteiger partial charge in [0.15, 0.2) is 5.82 Å². The summed E-state index contributed by atoms with van der Waals surface area (Å²) in [7, 11) is -2.76. The van der Waals surface area contributed by atoms with Gasteiger partial charge in [0.05, 0.1) is 12.8 Å². The van der Waals surface area contributed by atoms with E-state index in [0.29, 0.717) is 12.2 Å². The minimum Gasteiger partial charge on any atom is -0.495 e. The Morgan fingerprint density at radius 3 is 2.46 bits per heavy atom. The first-order valence-electron chi connectivity index (χ1n) is 7.82. The normalized spacial score (nSPS) is 15.2. The van der Waals surface area contributed by atoms with Crippen LogP contribution in [-0.2, 0) is 19.6 Å². The fraction of sp³-hybridized carbons (Fsp3) is 0.312. The van der Waals surface area contributed by atoms with Crippen LogP contribution in [0.4, 0.5) is 11.5 Å². The lowest BCUT2D eigenvalue weighted by atomic mass is 10.1. The molecule has 0 aliphatic carbocycles. The maximum atomic E-state index is 12.7. The summed E-state index contributed by atoms with van der Waals surface area (Å²) in [5, 5.41) is 3.59. The van der Waals surface area contributed by atoms with E-state index >= 15 is 0 Å². The SMILES string of the molecule is COc1ccc(N2C(=O)CCCC2=O)cc1S(=O)(=O)Nc1cc(C)on1. The third kappa shape index (κ3) is 3.40. The molecule has 26 heavy (non-hydrogen) atoms. The highest BCUT2D eigenvalue weighted by Crippen LogP contribution is 2.32. The smallest absolute Gasteiger partial charge is 0.266 e. The molecule has 2 heterocycles. The number of carbonyl (C=O) groups excluding carboxylic acids is 2. The van der Waals surface area contributed by atoms with E-state index in [-0.39, 0.29) is 46.8 Å². The predicted octanol–water partition coefficient (Wildman–Crippen LogP) is 1.84. The molecule has 1 aliphatic heterocycles. The Labute approximate surface area is 150 Å². The summed E-state index contributed by atoms with van der Waals surface area (Å²) in [6.07, 6.45) is 0.954. The number of nitrogens with one attached hydrogen (secondary N) is 1. The number of sulfonamides is 1. The molecular weight excluding hydrogens is 362 g/mol. The second-order valence-corrected chi connectivity index (χ2v) is 7.39. The van der Waals surface area contributed by atoms with Crippen molar-refractivity contribution in [2.45, 2.75) is 31.1 Å². The van der Waals surface area contributed by atoms with Gasteiger partial charge in [-0.2, -0.15) is 0 Å². The topological polar surface area (TPSA) is 119 Å². The average Bonchev–Trinajstić information content (AvgIpc) is 2.98. The second kappa shape index (κ2) is 6.79. The van der Waals surface area contributed by atoms with E-state index < -0.39 is 10.0 Å². The van der Waals surface area contributed by atoms with Gasteiger partial charge in [-0.3, -0.25) is 19.2 Å². The van der Waals surface area contributed by atoms with Crippen LogP contribution in [0.3, 0.4) is 0 Å². The molecule has 138 valence electrons. The van der Waals surface area contributed by atoms with Crippen LogP contribution >= 0.6 is 0 Å². The van der Waals surface area contributed by atoms with Crippen molar-refractivity contribution in [2.24, 2.45) is 0 Å². The van der Waals surface area contributed by atoms with Crippen molar-refractivity contribution in [1.82, 2.24) is 5.16 Å². The fourth-order valence-corrected chi connectivity index (χ4v) is 3.84. The number of aromatic nitrogens is 1. The van der Waals surface area contributed by atoms with E-state index in [9.17, 15) is 18.0 Å². The zero-order chi connectivity index (χ0) is 18.9. The Kier molecular flexibility index (Phi) is 4.68. The molecular formula is C16H17N3O6S. The minimum absolute atomic E-state index is 0.0140. The maximum Gasteiger partial charge on any atom is 0.266 e. The molecule has 2 amide bonds. The first kappa shape index (κ1) is 17.9. The Hall–Kier alpha value is -2.88. The van der Waals surface area contributed by atoms with Crippen LogP contribution in [0.15, 0.2) is 33.7 Å². The molecule has 1 fully saturated rings. The Bertz CT molecular complexity index is 950. The molecule has 3 rings (SSSR count). The van der Waals surface area contributed by atoms with Gasteiger partial charge in [-0.1, -0.05) is 5.16 Å². The molecule has 0 radical (unpaired) electrons. The summed E-state index contributed by atoms with van der Waals surface area (Å²) < 4.78 is 37.7. The van der Waals surface area contributed by atoms with Crippen LogP contribution in [0.2, 0.25) is 0 Å². The monoisotopic (exact) mass is 379 g/mol. The number of rotatable bonds is 5. The highest BCUT2D eigenvalue weighted by Gasteiger charge is 2.30. The molecule has 1 aromatic carbocycles. The van der Waals surface area contributed by atoms with Crippen molar-refractivity contribution < 1.29 is 27.3 Å². The molecule has 0 spiro atoms. The van der Waals surface area contributed by atoms with Crippen molar-refractivity contribution >= 4 is 33.3 Å². The average molecular weight is 379 g/mol. The molecule has 0 unspecified atom stereocenters. The van der Waals surface area contributed by atoms with Crippen LogP contribution in [0.5, 0.6) is 5.75 Å². The van der Waals surface area contributed by atoms with Crippen molar-refractivity contribution in [3.63, 3.8) is 0 Å². The number of hydrogen-bond acceptors (Lipinski definition) is 7. The lowest BCUT2D eigenvalue weighted by molar-refractivity contribution is -0.129. The first-order chi connectivity index (χ1) is 12.3. The third-order valence-electron chi connectivity index (χ3n) is 3.84. The van der Waals surface area contributed by atoms with Crippen LogP contribution in [0.1, 0.15) is 25.0 Å². The molecule has 0 atom stereocenters. The number of hydrogen-bond donors (Lipinski definition) is 1. The van der Waals surface area contributed by atoms with Gasteiger partial charge in [0.2, 0.25) is 11.8 Å². The summed E-state index contributed by atoms with van der Waals surface area (Å²) in [4.78, 5) is 25.0. The van der Waals surface area contributed by atoms with Gasteiger partial charge >= 0.3 is 0 Å². The standard InChI is InChI=1S/C16H17N3O6S/c1-10-8-14(17-25-10)18-26(22,23)13-9-11(6-7-12(13)24-2)19-15(20)4-3-5-16(19)21/h6-9H,3-5H2,1-2H3,(H,17,18). The summed E-state index contributed by atoms with van der Waals surface area (Å²) in [6.45, 7) is 1.62. The van der Waals surface area contributed by atoms with E-state index in [1.807, 2.05) is 0 Å². The first-order valence-corrected chi connectivity index (χ1v) is 9.30. The van der Waals surface area contributed by atoms with Gasteiger partial charge < -0.3 is 9.26 Å². The minimum atomic E-state index is -4.09. The van der Waals surface area contributed by atoms with Gasteiger partial charge in [-0.05, 0) is 31.5 Å². The predicted molar refractivity (Wildman–Crippen MR) is 91.4 cm³/mol. The number of methoxy groups -OCH3 is 1. The molecule has 1 saturated heterocycles. The van der Waals surface area contributed by atoms with E-state index in [4.69, 9.17) is 9.26 Å². The highest BCUT2D eigenvalue weighted by molar-refractivity contribution is 7.92. The summed E-state index contributed by atoms with van der Waals surface area (Å²) in [5.41, 5.74) is 0.178. The number of piperidine rings is 1. The number of amides is 2. The summed E-state index contributed by atoms with van der Waals surface area (Å²) in [6, 6.07) is 5.52. The largest absolute Gasteiger partial charge is 0.495 e. The molecule has 9 nitrogen and oxygen atoms in total. The van der Waals surface area contributed by atoms with Crippen LogP contribution < -0.4 is 14.4 Å². The van der Waals surface area contributed by atoms with Crippen molar-refractivity contribution in [3.05, 3.63) is 30.0 Å². The van der Waals surface area contributed by atoms with Crippen LogP contribution in [0, 0.1) is 6.92 Å². The van der Waals surface area contributed by atoms with Gasteiger partial charge in [-0.15, -0.1) is 0 Å². The number of ether oxygens (including phenoxy) is 1. The van der Waals surface area contributed by atoms with Crippen LogP contribution in [-0.4, -0.2) is 32.5 Å². The van der Waals surface area contributed by atoms with Gasteiger partial charge in [0.25, 0.3) is 10.0 Å². The van der Waals surface area contributed by atoms with Crippen molar-refractivity contribution in [2.75, 3.05) is 16.7 Å². The third-order valence-corrected chi connectivity index (χ3v) is 5.22. The Morgan fingerprint density at radius 1 is 1.19 bits per heavy atom. The van der Waals surface area contributed by atoms with Crippen molar-refractivity contribution in [3.8, 4) is 5.75 Å². The number of anilines is 2. The molecule has 0 saturated carbocycles. The zero-order valence-electron chi connectivity index (χ0n) is 14.2. The molecule has 10 heteroatoms.